The molecule has 0 amide bonds. The molecule has 21 heavy (non-hydrogen) atoms. The van der Waals surface area contributed by atoms with Gasteiger partial charge in [0.1, 0.15) is 15.9 Å². The van der Waals surface area contributed by atoms with Crippen LogP contribution < -0.4 is 0 Å². The van der Waals surface area contributed by atoms with Gasteiger partial charge in [-0.05, 0) is 46.5 Å². The maximum Gasteiger partial charge on any atom is 0.161 e. The van der Waals surface area contributed by atoms with Gasteiger partial charge in [0, 0.05) is 6.42 Å². The predicted octanol–water partition coefficient (Wildman–Crippen LogP) is 4.50. The Hall–Kier alpha value is -1.68. The summed E-state index contributed by atoms with van der Waals surface area (Å²) in [6, 6.07) is 12.5. The van der Waals surface area contributed by atoms with Crippen LogP contribution in [0.4, 0.5) is 0 Å². The Kier molecular flexibility index (Phi) is 4.06. The molecule has 3 nitrogen and oxygen atoms in total. The number of halogens is 1. The monoisotopic (exact) mass is 343 g/mol. The normalized spacial score (nSPS) is 11.2. The molecule has 1 aromatic carbocycles. The van der Waals surface area contributed by atoms with Gasteiger partial charge in [-0.3, -0.25) is 0 Å². The molecular formula is C17H18BrN3. The predicted molar refractivity (Wildman–Crippen MR) is 89.5 cm³/mol. The summed E-state index contributed by atoms with van der Waals surface area (Å²) >= 11 is 3.50. The Labute approximate surface area is 133 Å². The zero-order chi connectivity index (χ0) is 14.8. The third-order valence-corrected chi connectivity index (χ3v) is 4.01. The molecule has 0 aliphatic heterocycles. The smallest absolute Gasteiger partial charge is 0.161 e. The van der Waals surface area contributed by atoms with Crippen LogP contribution in [0.15, 0.2) is 41.0 Å². The summed E-state index contributed by atoms with van der Waals surface area (Å²) in [6.07, 6.45) is 2.05. The van der Waals surface area contributed by atoms with Crippen LogP contribution in [0.25, 0.3) is 11.2 Å². The Morgan fingerprint density at radius 2 is 1.90 bits per heavy atom. The fourth-order valence-corrected chi connectivity index (χ4v) is 3.11. The zero-order valence-electron chi connectivity index (χ0n) is 12.3. The summed E-state index contributed by atoms with van der Waals surface area (Å²) in [5.74, 6) is 1.12. The van der Waals surface area contributed by atoms with Crippen molar-refractivity contribution in [3.63, 3.8) is 0 Å². The number of hydrogen-bond acceptors (Lipinski definition) is 2. The van der Waals surface area contributed by atoms with Gasteiger partial charge in [0.05, 0.1) is 6.54 Å². The summed E-state index contributed by atoms with van der Waals surface area (Å²) in [5.41, 5.74) is 4.41. The molecule has 0 spiro atoms. The minimum absolute atomic E-state index is 0.815. The molecule has 0 unspecified atom stereocenters. The molecule has 4 heteroatoms. The second-order valence-corrected chi connectivity index (χ2v) is 6.10. The van der Waals surface area contributed by atoms with Crippen LogP contribution in [0.1, 0.15) is 30.3 Å². The Morgan fingerprint density at radius 1 is 1.14 bits per heavy atom. The van der Waals surface area contributed by atoms with Crippen molar-refractivity contribution in [2.75, 3.05) is 0 Å². The average molecular weight is 344 g/mol. The van der Waals surface area contributed by atoms with E-state index in [2.05, 4.69) is 63.6 Å². The Balaban J connectivity index is 2.16. The molecule has 2 aromatic heterocycles. The minimum Gasteiger partial charge on any atom is -0.308 e. The molecule has 108 valence electrons. The van der Waals surface area contributed by atoms with Crippen LogP contribution in [-0.4, -0.2) is 14.5 Å². The number of nitrogens with zero attached hydrogens (tertiary/aromatic N) is 3. The van der Waals surface area contributed by atoms with Gasteiger partial charge in [-0.1, -0.05) is 37.3 Å². The van der Waals surface area contributed by atoms with Gasteiger partial charge >= 0.3 is 0 Å². The third-order valence-electron chi connectivity index (χ3n) is 3.60. The number of aromatic nitrogens is 3. The fraction of sp³-hybridized carbons (Fsp3) is 0.294. The average Bonchev–Trinajstić information content (AvgIpc) is 2.79. The Morgan fingerprint density at radius 3 is 2.62 bits per heavy atom. The van der Waals surface area contributed by atoms with Gasteiger partial charge in [0.25, 0.3) is 0 Å². The second kappa shape index (κ2) is 5.98. The van der Waals surface area contributed by atoms with E-state index < -0.39 is 0 Å². The molecule has 0 saturated heterocycles. The highest BCUT2D eigenvalue weighted by atomic mass is 79.9. The van der Waals surface area contributed by atoms with E-state index in [0.717, 1.165) is 46.5 Å². The van der Waals surface area contributed by atoms with Crippen molar-refractivity contribution in [1.29, 1.82) is 0 Å². The lowest BCUT2D eigenvalue weighted by Crippen LogP contribution is -2.06. The van der Waals surface area contributed by atoms with Gasteiger partial charge < -0.3 is 4.57 Å². The van der Waals surface area contributed by atoms with Crippen LogP contribution in [0.5, 0.6) is 0 Å². The van der Waals surface area contributed by atoms with Crippen molar-refractivity contribution in [3.05, 3.63) is 58.0 Å². The van der Waals surface area contributed by atoms with E-state index in [1.807, 2.05) is 12.1 Å². The topological polar surface area (TPSA) is 30.7 Å². The van der Waals surface area contributed by atoms with E-state index in [9.17, 15) is 0 Å². The molecule has 0 bridgehead atoms. The summed E-state index contributed by atoms with van der Waals surface area (Å²) in [7, 11) is 0. The summed E-state index contributed by atoms with van der Waals surface area (Å²) in [5, 5.41) is 0. The maximum atomic E-state index is 4.82. The first-order chi connectivity index (χ1) is 10.2. The molecule has 0 radical (unpaired) electrons. The van der Waals surface area contributed by atoms with Crippen LogP contribution >= 0.6 is 15.9 Å². The van der Waals surface area contributed by atoms with Crippen molar-refractivity contribution in [3.8, 4) is 0 Å². The number of fused-ring (bicyclic) bond motifs is 1. The van der Waals surface area contributed by atoms with Crippen molar-refractivity contribution in [2.24, 2.45) is 0 Å². The first kappa shape index (κ1) is 14.3. The van der Waals surface area contributed by atoms with E-state index in [4.69, 9.17) is 4.98 Å². The molecular weight excluding hydrogens is 326 g/mol. The van der Waals surface area contributed by atoms with E-state index >= 15 is 0 Å². The molecule has 0 atom stereocenters. The summed E-state index contributed by atoms with van der Waals surface area (Å²) in [6.45, 7) is 5.09. The highest BCUT2D eigenvalue weighted by molar-refractivity contribution is 9.10. The molecule has 0 aliphatic carbocycles. The summed E-state index contributed by atoms with van der Waals surface area (Å²) in [4.78, 5) is 9.47. The van der Waals surface area contributed by atoms with Gasteiger partial charge in [-0.15, -0.1) is 0 Å². The molecule has 0 saturated carbocycles. The van der Waals surface area contributed by atoms with E-state index in [1.54, 1.807) is 0 Å². The first-order valence-electron chi connectivity index (χ1n) is 7.25. The lowest BCUT2D eigenvalue weighted by molar-refractivity contribution is 0.716. The van der Waals surface area contributed by atoms with E-state index in [1.165, 1.54) is 5.56 Å². The largest absolute Gasteiger partial charge is 0.308 e. The molecule has 3 aromatic rings. The SMILES string of the molecule is CCCc1nc2c(C)cc(Br)nc2n1Cc1ccccc1. The number of imidazole rings is 1. The quantitative estimate of drug-likeness (QED) is 0.653. The second-order valence-electron chi connectivity index (χ2n) is 5.28. The molecule has 3 rings (SSSR count). The summed E-state index contributed by atoms with van der Waals surface area (Å²) < 4.78 is 3.11. The van der Waals surface area contributed by atoms with Crippen molar-refractivity contribution < 1.29 is 0 Å². The van der Waals surface area contributed by atoms with Gasteiger partial charge in [-0.2, -0.15) is 0 Å². The Bertz CT molecular complexity index is 763. The van der Waals surface area contributed by atoms with Crippen molar-refractivity contribution in [2.45, 2.75) is 33.2 Å². The fourth-order valence-electron chi connectivity index (χ4n) is 2.59. The zero-order valence-corrected chi connectivity index (χ0v) is 13.9. The maximum absolute atomic E-state index is 4.82. The number of rotatable bonds is 4. The van der Waals surface area contributed by atoms with Crippen LogP contribution in [-0.2, 0) is 13.0 Å². The molecule has 2 heterocycles. The first-order valence-corrected chi connectivity index (χ1v) is 8.04. The highest BCUT2D eigenvalue weighted by Gasteiger charge is 2.14. The van der Waals surface area contributed by atoms with E-state index in [0.29, 0.717) is 0 Å². The lowest BCUT2D eigenvalue weighted by Gasteiger charge is -2.08. The van der Waals surface area contributed by atoms with Crippen LogP contribution in [0, 0.1) is 6.92 Å². The van der Waals surface area contributed by atoms with E-state index in [-0.39, 0.29) is 0 Å². The number of aryl methyl sites for hydroxylation is 2. The van der Waals surface area contributed by atoms with Crippen molar-refractivity contribution in [1.82, 2.24) is 14.5 Å². The highest BCUT2D eigenvalue weighted by Crippen LogP contribution is 2.23. The van der Waals surface area contributed by atoms with Gasteiger partial charge in [0.15, 0.2) is 5.65 Å². The molecule has 0 N–H and O–H groups in total. The van der Waals surface area contributed by atoms with Crippen molar-refractivity contribution >= 4 is 27.1 Å². The van der Waals surface area contributed by atoms with Crippen LogP contribution in [0.2, 0.25) is 0 Å². The third kappa shape index (κ3) is 2.86. The number of benzene rings is 1. The van der Waals surface area contributed by atoms with Crippen LogP contribution in [0.3, 0.4) is 0 Å². The standard InChI is InChI=1S/C17H18BrN3/c1-3-7-15-20-16-12(2)10-14(18)19-17(16)21(15)11-13-8-5-4-6-9-13/h4-6,8-10H,3,7,11H2,1-2H3. The minimum atomic E-state index is 0.815. The molecule has 0 aliphatic rings. The van der Waals surface area contributed by atoms with Gasteiger partial charge in [-0.25, -0.2) is 9.97 Å². The number of pyridine rings is 1. The number of hydrogen-bond donors (Lipinski definition) is 0. The molecule has 0 fully saturated rings. The van der Waals surface area contributed by atoms with Gasteiger partial charge in [0.2, 0.25) is 0 Å². The lowest BCUT2D eigenvalue weighted by atomic mass is 10.2.